The Bertz CT molecular complexity index is 1370. The van der Waals surface area contributed by atoms with Crippen LogP contribution in [0.3, 0.4) is 0 Å². The Morgan fingerprint density at radius 2 is 1.62 bits per heavy atom. The van der Waals surface area contributed by atoms with Crippen molar-refractivity contribution in [2.24, 2.45) is 0 Å². The van der Waals surface area contributed by atoms with Crippen LogP contribution in [0, 0.1) is 5.82 Å². The number of anilines is 1. The molecular formula is C29H33ClFN3O4S. The summed E-state index contributed by atoms with van der Waals surface area (Å²) in [5.74, 6) is -1.37. The van der Waals surface area contributed by atoms with E-state index in [1.54, 1.807) is 43.3 Å². The topological polar surface area (TPSA) is 86.8 Å². The summed E-state index contributed by atoms with van der Waals surface area (Å²) in [6.45, 7) is 4.99. The van der Waals surface area contributed by atoms with Gasteiger partial charge < -0.3 is 10.2 Å². The Labute approximate surface area is 234 Å². The molecule has 0 fully saturated rings. The van der Waals surface area contributed by atoms with Crippen LogP contribution < -0.4 is 9.62 Å². The zero-order valence-electron chi connectivity index (χ0n) is 22.2. The number of benzene rings is 3. The van der Waals surface area contributed by atoms with Crippen molar-refractivity contribution in [1.29, 1.82) is 0 Å². The lowest BCUT2D eigenvalue weighted by molar-refractivity contribution is -0.140. The van der Waals surface area contributed by atoms with E-state index < -0.39 is 34.3 Å². The number of rotatable bonds is 12. The van der Waals surface area contributed by atoms with Crippen molar-refractivity contribution in [1.82, 2.24) is 10.2 Å². The van der Waals surface area contributed by atoms with Crippen molar-refractivity contribution >= 4 is 39.1 Å². The zero-order valence-corrected chi connectivity index (χ0v) is 23.8. The molecule has 0 aliphatic heterocycles. The fourth-order valence-corrected chi connectivity index (χ4v) is 5.64. The van der Waals surface area contributed by atoms with Crippen LogP contribution in [0.15, 0.2) is 83.8 Å². The lowest BCUT2D eigenvalue weighted by atomic mass is 10.1. The van der Waals surface area contributed by atoms with Crippen LogP contribution in [0.4, 0.5) is 10.1 Å². The largest absolute Gasteiger partial charge is 0.352 e. The number of carbonyl (C=O) groups is 2. The van der Waals surface area contributed by atoms with Gasteiger partial charge in [-0.05, 0) is 67.8 Å². The highest BCUT2D eigenvalue weighted by molar-refractivity contribution is 7.92. The number of sulfonamides is 1. The first-order valence-electron chi connectivity index (χ1n) is 12.7. The molecule has 10 heteroatoms. The van der Waals surface area contributed by atoms with Crippen LogP contribution in [0.5, 0.6) is 0 Å². The monoisotopic (exact) mass is 573 g/mol. The highest BCUT2D eigenvalue weighted by Gasteiger charge is 2.34. The average molecular weight is 574 g/mol. The van der Waals surface area contributed by atoms with Crippen molar-refractivity contribution in [3.8, 4) is 0 Å². The van der Waals surface area contributed by atoms with Gasteiger partial charge in [-0.2, -0.15) is 0 Å². The fourth-order valence-electron chi connectivity index (χ4n) is 4.03. The maximum absolute atomic E-state index is 14.0. The van der Waals surface area contributed by atoms with Gasteiger partial charge in [0.2, 0.25) is 11.8 Å². The Hall–Kier alpha value is -3.43. The quantitative estimate of drug-likeness (QED) is 0.314. The second-order valence-corrected chi connectivity index (χ2v) is 11.5. The van der Waals surface area contributed by atoms with Gasteiger partial charge in [0.05, 0.1) is 10.6 Å². The molecule has 1 N–H and O–H groups in total. The first kappa shape index (κ1) is 30.1. The minimum Gasteiger partial charge on any atom is -0.352 e. The van der Waals surface area contributed by atoms with Crippen molar-refractivity contribution in [3.05, 3.63) is 95.3 Å². The average Bonchev–Trinajstić information content (AvgIpc) is 2.92. The molecule has 0 aliphatic carbocycles. The molecule has 0 radical (unpaired) electrons. The number of carbonyl (C=O) groups excluding carboxylic acids is 2. The third kappa shape index (κ3) is 7.80. The Balaban J connectivity index is 2.04. The maximum Gasteiger partial charge on any atom is 0.264 e. The molecule has 7 nitrogen and oxygen atoms in total. The second-order valence-electron chi connectivity index (χ2n) is 9.19. The molecule has 39 heavy (non-hydrogen) atoms. The van der Waals surface area contributed by atoms with Gasteiger partial charge in [-0.25, -0.2) is 12.8 Å². The van der Waals surface area contributed by atoms with E-state index >= 15 is 0 Å². The van der Waals surface area contributed by atoms with E-state index in [-0.39, 0.29) is 35.5 Å². The molecule has 208 valence electrons. The van der Waals surface area contributed by atoms with Crippen LogP contribution >= 0.6 is 11.6 Å². The summed E-state index contributed by atoms with van der Waals surface area (Å²) >= 11 is 6.18. The van der Waals surface area contributed by atoms with Crippen molar-refractivity contribution in [2.75, 3.05) is 10.8 Å². The predicted molar refractivity (Wildman–Crippen MR) is 151 cm³/mol. The number of hydrogen-bond acceptors (Lipinski definition) is 4. The summed E-state index contributed by atoms with van der Waals surface area (Å²) in [6, 6.07) is 18.6. The Morgan fingerprint density at radius 3 is 2.21 bits per heavy atom. The van der Waals surface area contributed by atoms with Crippen molar-refractivity contribution in [2.45, 2.75) is 57.1 Å². The summed E-state index contributed by atoms with van der Waals surface area (Å²) in [6.07, 6.45) is 0.990. The van der Waals surface area contributed by atoms with E-state index in [1.807, 2.05) is 13.8 Å². The fraction of sp³-hybridized carbons (Fsp3) is 0.310. The normalized spacial score (nSPS) is 12.8. The molecule has 0 aliphatic rings. The van der Waals surface area contributed by atoms with Gasteiger partial charge in [0.1, 0.15) is 18.4 Å². The molecule has 0 heterocycles. The number of nitrogens with one attached hydrogen (secondary N) is 1. The standard InChI is InChI=1S/C29H33ClFN3O4S/c1-4-21(3)32-29(36)27(5-2)33(19-22-14-16-24(31)17-15-22)28(35)20-34(25-11-9-10-23(30)18-25)39(37,38)26-12-7-6-8-13-26/h6-18,21,27H,4-5,19-20H2,1-3H3,(H,32,36)/t21-,27+/m0/s1. The molecular weight excluding hydrogens is 541 g/mol. The predicted octanol–water partition coefficient (Wildman–Crippen LogP) is 5.40. The Kier molecular flexibility index (Phi) is 10.5. The van der Waals surface area contributed by atoms with Gasteiger partial charge >= 0.3 is 0 Å². The van der Waals surface area contributed by atoms with Gasteiger partial charge in [0.15, 0.2) is 0 Å². The van der Waals surface area contributed by atoms with Gasteiger partial charge in [-0.15, -0.1) is 0 Å². The summed E-state index contributed by atoms with van der Waals surface area (Å²) < 4.78 is 42.1. The SMILES string of the molecule is CC[C@H](C(=O)N[C@@H](C)CC)N(Cc1ccc(F)cc1)C(=O)CN(c1cccc(Cl)c1)S(=O)(=O)c1ccccc1. The minimum atomic E-state index is -4.18. The second kappa shape index (κ2) is 13.6. The molecule has 0 spiro atoms. The van der Waals surface area contributed by atoms with Gasteiger partial charge in [0.25, 0.3) is 10.0 Å². The van der Waals surface area contributed by atoms with Crippen LogP contribution in [-0.4, -0.2) is 43.8 Å². The van der Waals surface area contributed by atoms with E-state index in [1.165, 1.54) is 47.4 Å². The molecule has 3 rings (SSSR count). The Morgan fingerprint density at radius 1 is 0.949 bits per heavy atom. The van der Waals surface area contributed by atoms with Crippen molar-refractivity contribution < 1.29 is 22.4 Å². The lowest BCUT2D eigenvalue weighted by Gasteiger charge is -2.33. The molecule has 0 aromatic heterocycles. The van der Waals surface area contributed by atoms with Gasteiger partial charge in [-0.3, -0.25) is 13.9 Å². The number of hydrogen-bond donors (Lipinski definition) is 1. The molecule has 2 atom stereocenters. The van der Waals surface area contributed by atoms with E-state index in [9.17, 15) is 22.4 Å². The van der Waals surface area contributed by atoms with Crippen LogP contribution in [0.2, 0.25) is 5.02 Å². The first-order chi connectivity index (χ1) is 18.6. The van der Waals surface area contributed by atoms with E-state index in [0.717, 1.165) is 4.31 Å². The van der Waals surface area contributed by atoms with Crippen LogP contribution in [-0.2, 0) is 26.2 Å². The van der Waals surface area contributed by atoms with Gasteiger partial charge in [0, 0.05) is 17.6 Å². The molecule has 0 unspecified atom stereocenters. The highest BCUT2D eigenvalue weighted by Crippen LogP contribution is 2.27. The van der Waals surface area contributed by atoms with E-state index in [0.29, 0.717) is 17.0 Å². The van der Waals surface area contributed by atoms with Gasteiger partial charge in [-0.1, -0.05) is 61.8 Å². The summed E-state index contributed by atoms with van der Waals surface area (Å²) in [4.78, 5) is 28.5. The first-order valence-corrected chi connectivity index (χ1v) is 14.6. The maximum atomic E-state index is 14.0. The summed E-state index contributed by atoms with van der Waals surface area (Å²) in [5.41, 5.74) is 0.804. The van der Waals surface area contributed by atoms with Crippen LogP contribution in [0.1, 0.15) is 39.2 Å². The third-order valence-electron chi connectivity index (χ3n) is 6.36. The minimum absolute atomic E-state index is 0.00409. The lowest BCUT2D eigenvalue weighted by Crippen LogP contribution is -2.53. The molecule has 2 amide bonds. The highest BCUT2D eigenvalue weighted by atomic mass is 35.5. The number of nitrogens with zero attached hydrogens (tertiary/aromatic N) is 2. The molecule has 3 aromatic rings. The third-order valence-corrected chi connectivity index (χ3v) is 8.38. The van der Waals surface area contributed by atoms with E-state index in [4.69, 9.17) is 11.6 Å². The smallest absolute Gasteiger partial charge is 0.264 e. The number of halogens is 2. The molecule has 3 aromatic carbocycles. The van der Waals surface area contributed by atoms with Crippen LogP contribution in [0.25, 0.3) is 0 Å². The number of amides is 2. The zero-order chi connectivity index (χ0) is 28.6. The molecule has 0 saturated carbocycles. The van der Waals surface area contributed by atoms with E-state index in [2.05, 4.69) is 5.32 Å². The summed E-state index contributed by atoms with van der Waals surface area (Å²) in [5, 5.41) is 3.22. The molecule has 0 bridgehead atoms. The molecule has 0 saturated heterocycles. The van der Waals surface area contributed by atoms with Crippen molar-refractivity contribution in [3.63, 3.8) is 0 Å². The summed E-state index contributed by atoms with van der Waals surface area (Å²) in [7, 11) is -4.18.